The molecule has 0 aromatic carbocycles. The molecule has 1 aromatic rings. The normalized spacial score (nSPS) is 18.1. The number of rotatable bonds is 4. The van der Waals surface area contributed by atoms with E-state index in [1.54, 1.807) is 6.07 Å². The van der Waals surface area contributed by atoms with E-state index in [0.717, 1.165) is 18.8 Å². The van der Waals surface area contributed by atoms with Crippen LogP contribution in [0.3, 0.4) is 0 Å². The van der Waals surface area contributed by atoms with Gasteiger partial charge in [-0.15, -0.1) is 0 Å². The van der Waals surface area contributed by atoms with Gasteiger partial charge in [0.25, 0.3) is 0 Å². The fourth-order valence-corrected chi connectivity index (χ4v) is 2.40. The summed E-state index contributed by atoms with van der Waals surface area (Å²) in [5.41, 5.74) is 0. The molecule has 98 valence electrons. The monoisotopic (exact) mass is 247 g/mol. The smallest absolute Gasteiger partial charge is 0.203 e. The number of nitrogens with one attached hydrogen (secondary N) is 1. The van der Waals surface area contributed by atoms with E-state index in [4.69, 9.17) is 9.68 Å². The maximum absolute atomic E-state index is 8.68. The lowest BCUT2D eigenvalue weighted by Gasteiger charge is -2.34. The summed E-state index contributed by atoms with van der Waals surface area (Å²) in [5, 5.41) is 12.2. The highest BCUT2D eigenvalue weighted by Gasteiger charge is 2.20. The predicted molar refractivity (Wildman–Crippen MR) is 70.0 cm³/mol. The SMILES string of the molecule is CC(C)N1CCC(NCc2ccc(C#N)o2)CC1. The zero-order valence-corrected chi connectivity index (χ0v) is 11.1. The fourth-order valence-electron chi connectivity index (χ4n) is 2.40. The van der Waals surface area contributed by atoms with Gasteiger partial charge in [0.1, 0.15) is 11.8 Å². The van der Waals surface area contributed by atoms with Gasteiger partial charge in [-0.3, -0.25) is 0 Å². The van der Waals surface area contributed by atoms with Gasteiger partial charge in [0, 0.05) is 12.1 Å². The van der Waals surface area contributed by atoms with Crippen LogP contribution in [0.2, 0.25) is 0 Å². The summed E-state index contributed by atoms with van der Waals surface area (Å²) in [6.07, 6.45) is 2.37. The molecule has 1 N–H and O–H groups in total. The highest BCUT2D eigenvalue weighted by atomic mass is 16.3. The minimum absolute atomic E-state index is 0.390. The summed E-state index contributed by atoms with van der Waals surface area (Å²) >= 11 is 0. The molecular formula is C14H21N3O. The van der Waals surface area contributed by atoms with Crippen LogP contribution in [-0.2, 0) is 6.54 Å². The molecule has 2 rings (SSSR count). The molecule has 0 unspecified atom stereocenters. The van der Waals surface area contributed by atoms with Gasteiger partial charge in [-0.1, -0.05) is 0 Å². The number of hydrogen-bond acceptors (Lipinski definition) is 4. The first kappa shape index (κ1) is 13.1. The van der Waals surface area contributed by atoms with Crippen molar-refractivity contribution in [2.24, 2.45) is 0 Å². The average Bonchev–Trinajstić information content (AvgIpc) is 2.85. The summed E-state index contributed by atoms with van der Waals surface area (Å²) in [6, 6.07) is 6.81. The van der Waals surface area contributed by atoms with Gasteiger partial charge < -0.3 is 14.6 Å². The zero-order chi connectivity index (χ0) is 13.0. The van der Waals surface area contributed by atoms with Gasteiger partial charge in [-0.05, 0) is 51.9 Å². The maximum atomic E-state index is 8.68. The van der Waals surface area contributed by atoms with E-state index in [1.165, 1.54) is 12.8 Å². The maximum Gasteiger partial charge on any atom is 0.203 e. The molecule has 18 heavy (non-hydrogen) atoms. The predicted octanol–water partition coefficient (Wildman–Crippen LogP) is 2.11. The molecule has 0 amide bonds. The number of nitrogens with zero attached hydrogens (tertiary/aromatic N) is 2. The first-order valence-corrected chi connectivity index (χ1v) is 6.65. The average molecular weight is 247 g/mol. The molecule has 4 nitrogen and oxygen atoms in total. The van der Waals surface area contributed by atoms with Crippen LogP contribution >= 0.6 is 0 Å². The van der Waals surface area contributed by atoms with Crippen molar-refractivity contribution in [2.75, 3.05) is 13.1 Å². The van der Waals surface area contributed by atoms with Crippen LogP contribution in [0.1, 0.15) is 38.2 Å². The molecule has 1 saturated heterocycles. The third-order valence-electron chi connectivity index (χ3n) is 3.60. The van der Waals surface area contributed by atoms with E-state index in [1.807, 2.05) is 12.1 Å². The second-order valence-corrected chi connectivity index (χ2v) is 5.16. The van der Waals surface area contributed by atoms with Crippen LogP contribution in [0.15, 0.2) is 16.5 Å². The minimum atomic E-state index is 0.390. The first-order chi connectivity index (χ1) is 8.69. The third-order valence-corrected chi connectivity index (χ3v) is 3.60. The van der Waals surface area contributed by atoms with Crippen molar-refractivity contribution in [3.63, 3.8) is 0 Å². The van der Waals surface area contributed by atoms with Crippen LogP contribution in [0.25, 0.3) is 0 Å². The van der Waals surface area contributed by atoms with E-state index in [-0.39, 0.29) is 0 Å². The second-order valence-electron chi connectivity index (χ2n) is 5.16. The molecule has 0 bridgehead atoms. The molecule has 0 radical (unpaired) electrons. The summed E-state index contributed by atoms with van der Waals surface area (Å²) in [5.74, 6) is 1.24. The molecule has 0 aliphatic carbocycles. The van der Waals surface area contributed by atoms with E-state index >= 15 is 0 Å². The van der Waals surface area contributed by atoms with Gasteiger partial charge in [0.2, 0.25) is 5.76 Å². The van der Waals surface area contributed by atoms with Gasteiger partial charge in [0.15, 0.2) is 0 Å². The highest BCUT2D eigenvalue weighted by Crippen LogP contribution is 2.14. The Hall–Kier alpha value is -1.31. The zero-order valence-electron chi connectivity index (χ0n) is 11.1. The Kier molecular flexibility index (Phi) is 4.40. The van der Waals surface area contributed by atoms with Gasteiger partial charge in [0.05, 0.1) is 6.54 Å². The number of hydrogen-bond donors (Lipinski definition) is 1. The molecule has 4 heteroatoms. The molecule has 1 fully saturated rings. The second kappa shape index (κ2) is 6.03. The van der Waals surface area contributed by atoms with Crippen molar-refractivity contribution in [3.8, 4) is 6.07 Å². The Morgan fingerprint density at radius 2 is 2.17 bits per heavy atom. The van der Waals surface area contributed by atoms with Crippen molar-refractivity contribution in [1.29, 1.82) is 5.26 Å². The number of likely N-dealkylation sites (tertiary alicyclic amines) is 1. The van der Waals surface area contributed by atoms with Crippen molar-refractivity contribution >= 4 is 0 Å². The molecule has 0 spiro atoms. The summed E-state index contributed by atoms with van der Waals surface area (Å²) in [6.45, 7) is 7.54. The molecule has 2 heterocycles. The van der Waals surface area contributed by atoms with Crippen molar-refractivity contribution in [2.45, 2.75) is 45.3 Å². The molecule has 1 aliphatic rings. The number of nitriles is 1. The lowest BCUT2D eigenvalue weighted by molar-refractivity contribution is 0.160. The Balaban J connectivity index is 1.74. The van der Waals surface area contributed by atoms with Crippen LogP contribution in [0.5, 0.6) is 0 Å². The standard InChI is InChI=1S/C14H21N3O/c1-11(2)17-7-5-12(6-8-17)16-10-14-4-3-13(9-15)18-14/h3-4,11-12,16H,5-8,10H2,1-2H3. The molecule has 1 aromatic heterocycles. The quantitative estimate of drug-likeness (QED) is 0.885. The van der Waals surface area contributed by atoms with Crippen LogP contribution in [0, 0.1) is 11.3 Å². The molecule has 1 aliphatic heterocycles. The van der Waals surface area contributed by atoms with Gasteiger partial charge in [-0.2, -0.15) is 5.26 Å². The molecule has 0 atom stereocenters. The Labute approximate surface area is 109 Å². The number of piperidine rings is 1. The van der Waals surface area contributed by atoms with Gasteiger partial charge >= 0.3 is 0 Å². The summed E-state index contributed by atoms with van der Waals surface area (Å²) < 4.78 is 5.35. The Morgan fingerprint density at radius 3 is 2.72 bits per heavy atom. The first-order valence-electron chi connectivity index (χ1n) is 6.65. The Bertz CT molecular complexity index is 411. The van der Waals surface area contributed by atoms with Gasteiger partial charge in [-0.25, -0.2) is 0 Å². The highest BCUT2D eigenvalue weighted by molar-refractivity contribution is 5.18. The lowest BCUT2D eigenvalue weighted by atomic mass is 10.0. The minimum Gasteiger partial charge on any atom is -0.449 e. The largest absolute Gasteiger partial charge is 0.449 e. The van der Waals surface area contributed by atoms with Crippen LogP contribution < -0.4 is 5.32 Å². The van der Waals surface area contributed by atoms with Crippen molar-refractivity contribution in [3.05, 3.63) is 23.7 Å². The van der Waals surface area contributed by atoms with Crippen LogP contribution in [0.4, 0.5) is 0 Å². The van der Waals surface area contributed by atoms with Crippen molar-refractivity contribution < 1.29 is 4.42 Å². The lowest BCUT2D eigenvalue weighted by Crippen LogP contribution is -2.44. The van der Waals surface area contributed by atoms with E-state index in [0.29, 0.717) is 24.4 Å². The fraction of sp³-hybridized carbons (Fsp3) is 0.643. The topological polar surface area (TPSA) is 52.2 Å². The summed E-state index contributed by atoms with van der Waals surface area (Å²) in [4.78, 5) is 2.51. The van der Waals surface area contributed by atoms with Crippen molar-refractivity contribution in [1.82, 2.24) is 10.2 Å². The summed E-state index contributed by atoms with van der Waals surface area (Å²) in [7, 11) is 0. The molecule has 0 saturated carbocycles. The number of furan rings is 1. The molecular weight excluding hydrogens is 226 g/mol. The van der Waals surface area contributed by atoms with E-state index in [2.05, 4.69) is 24.1 Å². The van der Waals surface area contributed by atoms with E-state index < -0.39 is 0 Å². The van der Waals surface area contributed by atoms with E-state index in [9.17, 15) is 0 Å². The van der Waals surface area contributed by atoms with Crippen LogP contribution in [-0.4, -0.2) is 30.1 Å². The third kappa shape index (κ3) is 3.34. The Morgan fingerprint density at radius 1 is 1.44 bits per heavy atom.